The lowest BCUT2D eigenvalue weighted by Crippen LogP contribution is -2.28. The van der Waals surface area contributed by atoms with Crippen LogP contribution in [0.1, 0.15) is 61.9 Å². The Bertz CT molecular complexity index is 1250. The van der Waals surface area contributed by atoms with Crippen LogP contribution >= 0.6 is 23.1 Å². The number of rotatable bonds is 7. The van der Waals surface area contributed by atoms with E-state index in [0.717, 1.165) is 53.0 Å². The standard InChI is InChI=1S/C24H33N5O2S2/c1-13(2)11-12-29-23(31)19-17-9-7-8-10-18(17)33-22(19)26-24(29)32-16(5)21(30)25-20-14(3)27-28(6)15(20)4/h13,16H,7-12H2,1-6H3,(H,25,30). The van der Waals surface area contributed by atoms with Crippen molar-refractivity contribution >= 4 is 44.9 Å². The molecule has 3 aromatic rings. The molecule has 0 saturated carbocycles. The zero-order valence-corrected chi connectivity index (χ0v) is 22.0. The molecule has 0 bridgehead atoms. The molecule has 1 unspecified atom stereocenters. The van der Waals surface area contributed by atoms with Crippen molar-refractivity contribution in [2.45, 2.75) is 83.7 Å². The number of aryl methyl sites for hydroxylation is 4. The average Bonchev–Trinajstić information content (AvgIpc) is 3.24. The Hall–Kier alpha value is -2.13. The fourth-order valence-electron chi connectivity index (χ4n) is 4.29. The SMILES string of the molecule is Cc1nn(C)c(C)c1NC(=O)C(C)Sc1nc2sc3c(c2c(=O)n1CCC(C)C)CCCC3. The summed E-state index contributed by atoms with van der Waals surface area (Å²) in [7, 11) is 1.86. The number of nitrogens with one attached hydrogen (secondary N) is 1. The number of carbonyl (C=O) groups is 1. The van der Waals surface area contributed by atoms with E-state index in [1.165, 1.54) is 28.6 Å². The van der Waals surface area contributed by atoms with E-state index in [-0.39, 0.29) is 11.5 Å². The first-order valence-electron chi connectivity index (χ1n) is 11.7. The van der Waals surface area contributed by atoms with Crippen LogP contribution < -0.4 is 10.9 Å². The lowest BCUT2D eigenvalue weighted by Gasteiger charge is -2.17. The van der Waals surface area contributed by atoms with E-state index in [4.69, 9.17) is 4.98 Å². The van der Waals surface area contributed by atoms with Gasteiger partial charge in [0.15, 0.2) is 5.16 Å². The molecule has 0 fully saturated rings. The smallest absolute Gasteiger partial charge is 0.263 e. The molecule has 0 aliphatic heterocycles. The highest BCUT2D eigenvalue weighted by atomic mass is 32.2. The van der Waals surface area contributed by atoms with Crippen LogP contribution in [0.15, 0.2) is 9.95 Å². The number of amides is 1. The van der Waals surface area contributed by atoms with Crippen molar-refractivity contribution in [3.8, 4) is 0 Å². The number of aromatic nitrogens is 4. The summed E-state index contributed by atoms with van der Waals surface area (Å²) in [6.45, 7) is 10.6. The highest BCUT2D eigenvalue weighted by molar-refractivity contribution is 8.00. The molecule has 1 aliphatic carbocycles. The second-order valence-corrected chi connectivity index (χ2v) is 11.7. The summed E-state index contributed by atoms with van der Waals surface area (Å²) >= 11 is 3.02. The number of hydrogen-bond donors (Lipinski definition) is 1. The summed E-state index contributed by atoms with van der Waals surface area (Å²) in [6, 6.07) is 0. The van der Waals surface area contributed by atoms with Gasteiger partial charge in [-0.1, -0.05) is 25.6 Å². The molecule has 1 aliphatic rings. The van der Waals surface area contributed by atoms with Gasteiger partial charge >= 0.3 is 0 Å². The predicted octanol–water partition coefficient (Wildman–Crippen LogP) is 4.85. The minimum atomic E-state index is -0.409. The Kier molecular flexibility index (Phi) is 7.00. The van der Waals surface area contributed by atoms with Crippen molar-refractivity contribution in [1.82, 2.24) is 19.3 Å². The van der Waals surface area contributed by atoms with Gasteiger partial charge in [0.2, 0.25) is 5.91 Å². The molecule has 0 aromatic carbocycles. The van der Waals surface area contributed by atoms with Crippen molar-refractivity contribution in [1.29, 1.82) is 0 Å². The van der Waals surface area contributed by atoms with Gasteiger partial charge in [-0.25, -0.2) is 4.98 Å². The quantitative estimate of drug-likeness (QED) is 0.380. The van der Waals surface area contributed by atoms with Crippen LogP contribution in [0.2, 0.25) is 0 Å². The van der Waals surface area contributed by atoms with Gasteiger partial charge in [-0.2, -0.15) is 5.10 Å². The minimum Gasteiger partial charge on any atom is -0.322 e. The second kappa shape index (κ2) is 9.62. The van der Waals surface area contributed by atoms with Gasteiger partial charge in [0.05, 0.1) is 27.7 Å². The van der Waals surface area contributed by atoms with Gasteiger partial charge in [0.25, 0.3) is 5.56 Å². The van der Waals surface area contributed by atoms with Crippen molar-refractivity contribution in [3.63, 3.8) is 0 Å². The molecule has 7 nitrogen and oxygen atoms in total. The van der Waals surface area contributed by atoms with Crippen LogP contribution in [0.4, 0.5) is 5.69 Å². The highest BCUT2D eigenvalue weighted by Crippen LogP contribution is 2.35. The molecule has 0 saturated heterocycles. The fraction of sp³-hybridized carbons (Fsp3) is 0.583. The molecule has 3 heterocycles. The van der Waals surface area contributed by atoms with Gasteiger partial charge in [0.1, 0.15) is 4.83 Å². The average molecular weight is 488 g/mol. The van der Waals surface area contributed by atoms with E-state index in [0.29, 0.717) is 17.6 Å². The highest BCUT2D eigenvalue weighted by Gasteiger charge is 2.25. The van der Waals surface area contributed by atoms with E-state index in [9.17, 15) is 9.59 Å². The summed E-state index contributed by atoms with van der Waals surface area (Å²) < 4.78 is 3.57. The third kappa shape index (κ3) is 4.75. The zero-order chi connectivity index (χ0) is 23.9. The van der Waals surface area contributed by atoms with Gasteiger partial charge in [-0.05, 0) is 64.4 Å². The molecule has 1 N–H and O–H groups in total. The Morgan fingerprint density at radius 1 is 1.21 bits per heavy atom. The molecule has 1 amide bonds. The number of hydrogen-bond acceptors (Lipinski definition) is 6. The molecular formula is C24H33N5O2S2. The van der Waals surface area contributed by atoms with Crippen LogP contribution in [0, 0.1) is 19.8 Å². The van der Waals surface area contributed by atoms with Gasteiger partial charge in [-0.15, -0.1) is 11.3 Å². The first-order chi connectivity index (χ1) is 15.7. The molecule has 0 radical (unpaired) electrons. The molecule has 1 atom stereocenters. The Labute approximate surface area is 203 Å². The van der Waals surface area contributed by atoms with Gasteiger partial charge in [-0.3, -0.25) is 18.8 Å². The topological polar surface area (TPSA) is 81.8 Å². The zero-order valence-electron chi connectivity index (χ0n) is 20.3. The number of thioether (sulfide) groups is 1. The van der Waals surface area contributed by atoms with E-state index in [2.05, 4.69) is 24.3 Å². The third-order valence-corrected chi connectivity index (χ3v) is 8.65. The van der Waals surface area contributed by atoms with Gasteiger partial charge in [0, 0.05) is 18.5 Å². The Morgan fingerprint density at radius 2 is 1.94 bits per heavy atom. The first kappa shape index (κ1) is 24.0. The third-order valence-electron chi connectivity index (χ3n) is 6.38. The largest absolute Gasteiger partial charge is 0.322 e. The fourth-order valence-corrected chi connectivity index (χ4v) is 6.52. The Balaban J connectivity index is 1.67. The summed E-state index contributed by atoms with van der Waals surface area (Å²) in [5, 5.41) is 8.43. The molecule has 9 heteroatoms. The molecule has 33 heavy (non-hydrogen) atoms. The second-order valence-electron chi connectivity index (χ2n) is 9.34. The lowest BCUT2D eigenvalue weighted by atomic mass is 9.97. The van der Waals surface area contributed by atoms with Crippen molar-refractivity contribution < 1.29 is 4.79 Å². The van der Waals surface area contributed by atoms with Crippen LogP contribution in [-0.4, -0.2) is 30.5 Å². The minimum absolute atomic E-state index is 0.0501. The summed E-state index contributed by atoms with van der Waals surface area (Å²) in [5.41, 5.74) is 3.71. The normalized spacial score (nSPS) is 14.6. The maximum atomic E-state index is 13.6. The lowest BCUT2D eigenvalue weighted by molar-refractivity contribution is -0.115. The predicted molar refractivity (Wildman–Crippen MR) is 137 cm³/mol. The van der Waals surface area contributed by atoms with E-state index >= 15 is 0 Å². The molecule has 3 aromatic heterocycles. The van der Waals surface area contributed by atoms with E-state index < -0.39 is 5.25 Å². The molecule has 178 valence electrons. The monoisotopic (exact) mass is 487 g/mol. The number of fused-ring (bicyclic) bond motifs is 3. The number of anilines is 1. The van der Waals surface area contributed by atoms with E-state index in [1.807, 2.05) is 27.8 Å². The summed E-state index contributed by atoms with van der Waals surface area (Å²) in [5.74, 6) is 0.355. The van der Waals surface area contributed by atoms with Crippen LogP contribution in [0.3, 0.4) is 0 Å². The van der Waals surface area contributed by atoms with Crippen molar-refractivity contribution in [2.24, 2.45) is 13.0 Å². The summed E-state index contributed by atoms with van der Waals surface area (Å²) in [4.78, 5) is 33.7. The van der Waals surface area contributed by atoms with Crippen molar-refractivity contribution in [2.75, 3.05) is 5.32 Å². The summed E-state index contributed by atoms with van der Waals surface area (Å²) in [6.07, 6.45) is 5.19. The Morgan fingerprint density at radius 3 is 2.61 bits per heavy atom. The van der Waals surface area contributed by atoms with Gasteiger partial charge < -0.3 is 5.32 Å². The van der Waals surface area contributed by atoms with Crippen LogP contribution in [-0.2, 0) is 31.2 Å². The number of thiophene rings is 1. The number of carbonyl (C=O) groups excluding carboxylic acids is 1. The maximum absolute atomic E-state index is 13.6. The van der Waals surface area contributed by atoms with E-state index in [1.54, 1.807) is 20.6 Å². The number of nitrogens with zero attached hydrogens (tertiary/aromatic N) is 4. The molecule has 0 spiro atoms. The van der Waals surface area contributed by atoms with Crippen LogP contribution in [0.25, 0.3) is 10.2 Å². The van der Waals surface area contributed by atoms with Crippen LogP contribution in [0.5, 0.6) is 0 Å². The first-order valence-corrected chi connectivity index (χ1v) is 13.4. The van der Waals surface area contributed by atoms with Crippen molar-refractivity contribution in [3.05, 3.63) is 32.2 Å². The maximum Gasteiger partial charge on any atom is 0.263 e. The molecular weight excluding hydrogens is 454 g/mol. The molecule has 4 rings (SSSR count).